The minimum absolute atomic E-state index is 0. The van der Waals surface area contributed by atoms with E-state index in [1.807, 2.05) is 0 Å². The number of hydrogen-bond acceptors (Lipinski definition) is 3. The summed E-state index contributed by atoms with van der Waals surface area (Å²) in [5.41, 5.74) is 10.4. The summed E-state index contributed by atoms with van der Waals surface area (Å²) in [5, 5.41) is 0. The summed E-state index contributed by atoms with van der Waals surface area (Å²) in [7, 11) is 0. The number of nitrogen functional groups attached to an aromatic ring is 2. The van der Waals surface area contributed by atoms with Crippen molar-refractivity contribution in [3.63, 3.8) is 0 Å². The van der Waals surface area contributed by atoms with Crippen molar-refractivity contribution in [3.05, 3.63) is 17.9 Å². The van der Waals surface area contributed by atoms with Crippen LogP contribution >= 0.6 is 24.8 Å². The van der Waals surface area contributed by atoms with Crippen LogP contribution in [-0.4, -0.2) is 6.61 Å². The van der Waals surface area contributed by atoms with Crippen LogP contribution in [0.1, 0.15) is 0 Å². The molecule has 1 aromatic rings. The Bertz CT molecular complexity index is 325. The van der Waals surface area contributed by atoms with Crippen molar-refractivity contribution in [2.24, 2.45) is 0 Å². The monoisotopic (exact) mass is 264 g/mol. The van der Waals surface area contributed by atoms with Crippen LogP contribution < -0.4 is 16.2 Å². The van der Waals surface area contributed by atoms with Crippen molar-refractivity contribution in [2.75, 3.05) is 11.5 Å². The molecule has 0 bridgehead atoms. The minimum Gasteiger partial charge on any atom is -0.432 e. The van der Waals surface area contributed by atoms with Gasteiger partial charge in [0.15, 0.2) is 11.6 Å². The molecule has 0 saturated carbocycles. The fraction of sp³-hybridized carbons (Fsp3) is 0.143. The zero-order valence-corrected chi connectivity index (χ0v) is 8.88. The van der Waals surface area contributed by atoms with E-state index in [2.05, 4.69) is 4.74 Å². The zero-order chi connectivity index (χ0) is 10.0. The Morgan fingerprint density at radius 1 is 1.07 bits per heavy atom. The van der Waals surface area contributed by atoms with E-state index in [0.29, 0.717) is 0 Å². The van der Waals surface area contributed by atoms with Gasteiger partial charge in [0, 0.05) is 12.1 Å². The average molecular weight is 265 g/mol. The Kier molecular flexibility index (Phi) is 7.08. The number of hydrogen-bond donors (Lipinski definition) is 2. The van der Waals surface area contributed by atoms with Crippen molar-refractivity contribution in [3.8, 4) is 5.75 Å². The second-order valence-corrected chi connectivity index (χ2v) is 2.29. The van der Waals surface area contributed by atoms with E-state index in [1.165, 1.54) is 0 Å². The average Bonchev–Trinajstić information content (AvgIpc) is 1.99. The van der Waals surface area contributed by atoms with Crippen molar-refractivity contribution in [2.45, 2.75) is 6.61 Å². The number of halogens is 5. The lowest BCUT2D eigenvalue weighted by atomic mass is 10.2. The molecule has 0 saturated heterocycles. The van der Waals surface area contributed by atoms with Gasteiger partial charge in [-0.15, -0.1) is 24.8 Å². The first-order valence-corrected chi connectivity index (χ1v) is 3.30. The van der Waals surface area contributed by atoms with Gasteiger partial charge in [-0.2, -0.15) is 8.78 Å². The van der Waals surface area contributed by atoms with E-state index in [9.17, 15) is 13.2 Å². The normalized spacial score (nSPS) is 9.07. The molecule has 3 nitrogen and oxygen atoms in total. The molecule has 1 aromatic carbocycles. The number of alkyl halides is 2. The van der Waals surface area contributed by atoms with Gasteiger partial charge >= 0.3 is 6.61 Å². The molecule has 0 aliphatic rings. The summed E-state index contributed by atoms with van der Waals surface area (Å²) in [6.45, 7) is -3.09. The predicted octanol–water partition coefficient (Wildman–Crippen LogP) is 2.44. The zero-order valence-electron chi connectivity index (χ0n) is 7.25. The molecule has 0 aliphatic carbocycles. The molecule has 88 valence electrons. The van der Waals surface area contributed by atoms with E-state index < -0.39 is 18.2 Å². The quantitative estimate of drug-likeness (QED) is 0.807. The Hall–Kier alpha value is -1.01. The first-order chi connectivity index (χ1) is 6.00. The molecule has 0 radical (unpaired) electrons. The van der Waals surface area contributed by atoms with Crippen LogP contribution in [0, 0.1) is 5.82 Å². The second-order valence-electron chi connectivity index (χ2n) is 2.29. The summed E-state index contributed by atoms with van der Waals surface area (Å²) in [4.78, 5) is 0. The minimum atomic E-state index is -3.09. The Morgan fingerprint density at radius 3 is 2.00 bits per heavy atom. The number of ether oxygens (including phenoxy) is 1. The van der Waals surface area contributed by atoms with Gasteiger partial charge in [-0.25, -0.2) is 4.39 Å². The number of rotatable bonds is 2. The molecule has 15 heavy (non-hydrogen) atoms. The van der Waals surface area contributed by atoms with Crippen LogP contribution in [0.5, 0.6) is 5.75 Å². The van der Waals surface area contributed by atoms with Gasteiger partial charge in [-0.1, -0.05) is 0 Å². The van der Waals surface area contributed by atoms with Gasteiger partial charge in [0.25, 0.3) is 0 Å². The largest absolute Gasteiger partial charge is 0.432 e. The lowest BCUT2D eigenvalue weighted by Gasteiger charge is -2.07. The third kappa shape index (κ3) is 4.35. The van der Waals surface area contributed by atoms with Gasteiger partial charge in [0.2, 0.25) is 0 Å². The molecule has 0 heterocycles. The van der Waals surface area contributed by atoms with Gasteiger partial charge in [-0.3, -0.25) is 0 Å². The SMILES string of the molecule is Cl.Cl.Nc1cc(F)c(OC(F)F)cc1N. The topological polar surface area (TPSA) is 61.3 Å². The molecule has 0 fully saturated rings. The van der Waals surface area contributed by atoms with Gasteiger partial charge in [-0.05, 0) is 0 Å². The summed E-state index contributed by atoms with van der Waals surface area (Å²) in [6, 6.07) is 1.74. The van der Waals surface area contributed by atoms with Crippen molar-refractivity contribution >= 4 is 36.2 Å². The molecule has 8 heteroatoms. The maximum atomic E-state index is 12.8. The van der Waals surface area contributed by atoms with E-state index in [-0.39, 0.29) is 36.2 Å². The molecular formula is C7H9Cl2F3N2O. The predicted molar refractivity (Wildman–Crippen MR) is 56.4 cm³/mol. The van der Waals surface area contributed by atoms with Gasteiger partial charge < -0.3 is 16.2 Å². The van der Waals surface area contributed by atoms with Crippen LogP contribution in [0.25, 0.3) is 0 Å². The second kappa shape index (κ2) is 6.47. The van der Waals surface area contributed by atoms with E-state index in [4.69, 9.17) is 11.5 Å². The van der Waals surface area contributed by atoms with Crippen LogP contribution in [0.3, 0.4) is 0 Å². The summed E-state index contributed by atoms with van der Waals surface area (Å²) < 4.78 is 40.0. The highest BCUT2D eigenvalue weighted by Crippen LogP contribution is 2.26. The molecule has 0 aromatic heterocycles. The molecule has 4 N–H and O–H groups in total. The number of nitrogens with two attached hydrogens (primary N) is 2. The third-order valence-corrected chi connectivity index (χ3v) is 1.35. The number of benzene rings is 1. The van der Waals surface area contributed by atoms with Crippen molar-refractivity contribution in [1.29, 1.82) is 0 Å². The fourth-order valence-corrected chi connectivity index (χ4v) is 0.771. The Balaban J connectivity index is 0. The summed E-state index contributed by atoms with van der Waals surface area (Å²) >= 11 is 0. The molecule has 0 atom stereocenters. The van der Waals surface area contributed by atoms with E-state index in [1.54, 1.807) is 0 Å². The van der Waals surface area contributed by atoms with Gasteiger partial charge in [0.1, 0.15) is 0 Å². The van der Waals surface area contributed by atoms with E-state index in [0.717, 1.165) is 12.1 Å². The Morgan fingerprint density at radius 2 is 1.53 bits per heavy atom. The third-order valence-electron chi connectivity index (χ3n) is 1.35. The van der Waals surface area contributed by atoms with Crippen LogP contribution in [0.4, 0.5) is 24.5 Å². The van der Waals surface area contributed by atoms with Crippen LogP contribution in [0.2, 0.25) is 0 Å². The van der Waals surface area contributed by atoms with Crippen LogP contribution in [-0.2, 0) is 0 Å². The first kappa shape index (κ1) is 16.4. The molecule has 0 unspecified atom stereocenters. The lowest BCUT2D eigenvalue weighted by Crippen LogP contribution is -2.05. The summed E-state index contributed by atoms with van der Waals surface area (Å²) in [6.07, 6.45) is 0. The smallest absolute Gasteiger partial charge is 0.387 e. The van der Waals surface area contributed by atoms with Crippen molar-refractivity contribution < 1.29 is 17.9 Å². The van der Waals surface area contributed by atoms with Gasteiger partial charge in [0.05, 0.1) is 11.4 Å². The summed E-state index contributed by atoms with van der Waals surface area (Å²) in [5.74, 6) is -1.58. The lowest BCUT2D eigenvalue weighted by molar-refractivity contribution is -0.0521. The van der Waals surface area contributed by atoms with Crippen molar-refractivity contribution in [1.82, 2.24) is 0 Å². The van der Waals surface area contributed by atoms with E-state index >= 15 is 0 Å². The molecular weight excluding hydrogens is 256 g/mol. The first-order valence-electron chi connectivity index (χ1n) is 3.30. The molecule has 0 amide bonds. The Labute approximate surface area is 96.4 Å². The molecule has 0 spiro atoms. The molecule has 0 aliphatic heterocycles. The highest BCUT2D eigenvalue weighted by atomic mass is 35.5. The highest BCUT2D eigenvalue weighted by molar-refractivity contribution is 5.85. The molecule has 1 rings (SSSR count). The maximum Gasteiger partial charge on any atom is 0.387 e. The standard InChI is InChI=1S/C7H7F3N2O.2ClH/c8-3-1-4(11)5(12)2-6(3)13-7(9)10;;/h1-2,7H,11-12H2;2*1H. The maximum absolute atomic E-state index is 12.8. The fourth-order valence-electron chi connectivity index (χ4n) is 0.771. The number of anilines is 2. The van der Waals surface area contributed by atoms with Crippen LogP contribution in [0.15, 0.2) is 12.1 Å². The highest BCUT2D eigenvalue weighted by Gasteiger charge is 2.11.